The molecule has 1 saturated heterocycles. The molecule has 1 fully saturated rings. The van der Waals surface area contributed by atoms with E-state index in [9.17, 15) is 4.79 Å². The molecular formula is C15H24N4O2. The average Bonchev–Trinajstić information content (AvgIpc) is 2.46. The number of methoxy groups -OCH3 is 1. The highest BCUT2D eigenvalue weighted by Crippen LogP contribution is 2.23. The van der Waals surface area contributed by atoms with E-state index in [4.69, 9.17) is 4.74 Å². The van der Waals surface area contributed by atoms with Crippen molar-refractivity contribution in [2.75, 3.05) is 25.1 Å². The van der Waals surface area contributed by atoms with E-state index in [2.05, 4.69) is 20.2 Å². The first-order valence-corrected chi connectivity index (χ1v) is 7.32. The van der Waals surface area contributed by atoms with Crippen LogP contribution >= 0.6 is 0 Å². The van der Waals surface area contributed by atoms with Gasteiger partial charge in [-0.2, -0.15) is 0 Å². The summed E-state index contributed by atoms with van der Waals surface area (Å²) in [5, 5.41) is 3.06. The number of carbonyl (C=O) groups is 1. The van der Waals surface area contributed by atoms with Gasteiger partial charge in [-0.3, -0.25) is 4.79 Å². The van der Waals surface area contributed by atoms with Crippen LogP contribution in [0.25, 0.3) is 0 Å². The lowest BCUT2D eigenvalue weighted by Gasteiger charge is -2.34. The van der Waals surface area contributed by atoms with Crippen molar-refractivity contribution in [2.24, 2.45) is 5.92 Å². The van der Waals surface area contributed by atoms with Crippen molar-refractivity contribution in [1.82, 2.24) is 15.3 Å². The molecule has 6 nitrogen and oxygen atoms in total. The Morgan fingerprint density at radius 2 is 2.19 bits per heavy atom. The Morgan fingerprint density at radius 1 is 1.43 bits per heavy atom. The molecule has 116 valence electrons. The molecule has 1 atom stereocenters. The number of hydrogen-bond acceptors (Lipinski definition) is 5. The van der Waals surface area contributed by atoms with Gasteiger partial charge < -0.3 is 15.0 Å². The fourth-order valence-corrected chi connectivity index (χ4v) is 2.49. The zero-order valence-electron chi connectivity index (χ0n) is 13.2. The number of aromatic nitrogens is 2. The molecule has 1 unspecified atom stereocenters. The van der Waals surface area contributed by atoms with Crippen LogP contribution in [0.3, 0.4) is 0 Å². The zero-order valence-corrected chi connectivity index (χ0v) is 13.2. The lowest BCUT2D eigenvalue weighted by molar-refractivity contribution is -0.126. The summed E-state index contributed by atoms with van der Waals surface area (Å²) >= 11 is 0. The van der Waals surface area contributed by atoms with Gasteiger partial charge in [-0.25, -0.2) is 9.97 Å². The molecule has 2 rings (SSSR count). The number of nitrogens with zero attached hydrogens (tertiary/aromatic N) is 3. The van der Waals surface area contributed by atoms with Crippen molar-refractivity contribution in [2.45, 2.75) is 39.2 Å². The summed E-state index contributed by atoms with van der Waals surface area (Å²) in [6, 6.07) is 1.81. The normalized spacial score (nSPS) is 19.2. The number of anilines is 1. The van der Waals surface area contributed by atoms with Gasteiger partial charge in [-0.15, -0.1) is 0 Å². The maximum Gasteiger partial charge on any atom is 0.225 e. The highest BCUT2D eigenvalue weighted by molar-refractivity contribution is 5.80. The second kappa shape index (κ2) is 6.28. The number of nitrogens with one attached hydrogen (secondary N) is 1. The van der Waals surface area contributed by atoms with Gasteiger partial charge in [0.05, 0.1) is 13.0 Å². The summed E-state index contributed by atoms with van der Waals surface area (Å²) in [5.41, 5.74) is -0.197. The van der Waals surface area contributed by atoms with E-state index in [1.54, 1.807) is 7.11 Å². The Morgan fingerprint density at radius 3 is 2.86 bits per heavy atom. The largest absolute Gasteiger partial charge is 0.481 e. The Bertz CT molecular complexity index is 499. The SMILES string of the molecule is COc1cc(N2CCCC(C(=O)NC(C)(C)C)C2)ncn1. The van der Waals surface area contributed by atoms with E-state index < -0.39 is 0 Å². The topological polar surface area (TPSA) is 67.3 Å². The monoisotopic (exact) mass is 292 g/mol. The van der Waals surface area contributed by atoms with Gasteiger partial charge in [-0.1, -0.05) is 0 Å². The van der Waals surface area contributed by atoms with E-state index in [-0.39, 0.29) is 17.4 Å². The Hall–Kier alpha value is -1.85. The molecule has 0 aliphatic carbocycles. The highest BCUT2D eigenvalue weighted by Gasteiger charge is 2.28. The summed E-state index contributed by atoms with van der Waals surface area (Å²) < 4.78 is 5.13. The third-order valence-electron chi connectivity index (χ3n) is 3.45. The molecule has 0 aromatic carbocycles. The number of amides is 1. The maximum absolute atomic E-state index is 12.3. The minimum absolute atomic E-state index is 0.000986. The standard InChI is InChI=1S/C15H24N4O2/c1-15(2,3)18-14(20)11-6-5-7-19(9-11)12-8-13(21-4)17-10-16-12/h8,10-11H,5-7,9H2,1-4H3,(H,18,20). The van der Waals surface area contributed by atoms with E-state index in [1.165, 1.54) is 6.33 Å². The molecule has 21 heavy (non-hydrogen) atoms. The van der Waals surface area contributed by atoms with Crippen LogP contribution in [0.2, 0.25) is 0 Å². The molecule has 0 bridgehead atoms. The first kappa shape index (κ1) is 15.5. The van der Waals surface area contributed by atoms with Crippen molar-refractivity contribution < 1.29 is 9.53 Å². The van der Waals surface area contributed by atoms with Crippen molar-refractivity contribution in [3.63, 3.8) is 0 Å². The fraction of sp³-hybridized carbons (Fsp3) is 0.667. The molecule has 1 aromatic rings. The molecule has 0 saturated carbocycles. The van der Waals surface area contributed by atoms with Crippen LogP contribution in [0.4, 0.5) is 5.82 Å². The van der Waals surface area contributed by atoms with Crippen molar-refractivity contribution in [3.8, 4) is 5.88 Å². The second-order valence-electron chi connectivity index (χ2n) is 6.44. The predicted molar refractivity (Wildman–Crippen MR) is 81.4 cm³/mol. The van der Waals surface area contributed by atoms with Gasteiger partial charge in [0.1, 0.15) is 12.1 Å². The van der Waals surface area contributed by atoms with E-state index >= 15 is 0 Å². The van der Waals surface area contributed by atoms with Gasteiger partial charge in [0.15, 0.2) is 0 Å². The molecule has 1 aliphatic rings. The summed E-state index contributed by atoms with van der Waals surface area (Å²) in [6.07, 6.45) is 3.39. The van der Waals surface area contributed by atoms with Crippen LogP contribution in [0.1, 0.15) is 33.6 Å². The molecule has 0 radical (unpaired) electrons. The Balaban J connectivity index is 2.04. The van der Waals surface area contributed by atoms with Crippen molar-refractivity contribution in [1.29, 1.82) is 0 Å². The zero-order chi connectivity index (χ0) is 15.5. The van der Waals surface area contributed by atoms with Gasteiger partial charge in [0.25, 0.3) is 0 Å². The first-order chi connectivity index (χ1) is 9.89. The van der Waals surface area contributed by atoms with Gasteiger partial charge in [-0.05, 0) is 33.6 Å². The molecule has 2 heterocycles. The minimum atomic E-state index is -0.197. The van der Waals surface area contributed by atoms with Crippen LogP contribution in [-0.4, -0.2) is 41.6 Å². The number of rotatable bonds is 3. The Kier molecular flexibility index (Phi) is 4.65. The van der Waals surface area contributed by atoms with E-state index in [0.29, 0.717) is 12.4 Å². The molecule has 1 aliphatic heterocycles. The van der Waals surface area contributed by atoms with Crippen LogP contribution < -0.4 is 15.0 Å². The number of carbonyl (C=O) groups excluding carboxylic acids is 1. The third kappa shape index (κ3) is 4.31. The number of ether oxygens (including phenoxy) is 1. The molecular weight excluding hydrogens is 268 g/mol. The average molecular weight is 292 g/mol. The lowest BCUT2D eigenvalue weighted by atomic mass is 9.95. The lowest BCUT2D eigenvalue weighted by Crippen LogP contribution is -2.48. The van der Waals surface area contributed by atoms with Gasteiger partial charge in [0, 0.05) is 24.7 Å². The van der Waals surface area contributed by atoms with Crippen LogP contribution in [-0.2, 0) is 4.79 Å². The maximum atomic E-state index is 12.3. The highest BCUT2D eigenvalue weighted by atomic mass is 16.5. The van der Waals surface area contributed by atoms with Crippen LogP contribution in [0, 0.1) is 5.92 Å². The number of piperidine rings is 1. The van der Waals surface area contributed by atoms with Crippen molar-refractivity contribution >= 4 is 11.7 Å². The van der Waals surface area contributed by atoms with E-state index in [1.807, 2.05) is 26.8 Å². The third-order valence-corrected chi connectivity index (χ3v) is 3.45. The molecule has 1 aromatic heterocycles. The van der Waals surface area contributed by atoms with Crippen LogP contribution in [0.15, 0.2) is 12.4 Å². The van der Waals surface area contributed by atoms with Gasteiger partial charge in [0.2, 0.25) is 11.8 Å². The smallest absolute Gasteiger partial charge is 0.225 e. The van der Waals surface area contributed by atoms with Crippen LogP contribution in [0.5, 0.6) is 5.88 Å². The quantitative estimate of drug-likeness (QED) is 0.917. The summed E-state index contributed by atoms with van der Waals surface area (Å²) in [6.45, 7) is 7.59. The molecule has 0 spiro atoms. The molecule has 1 N–H and O–H groups in total. The molecule has 1 amide bonds. The fourth-order valence-electron chi connectivity index (χ4n) is 2.49. The summed E-state index contributed by atoms with van der Waals surface area (Å²) in [7, 11) is 1.59. The van der Waals surface area contributed by atoms with E-state index in [0.717, 1.165) is 25.2 Å². The van der Waals surface area contributed by atoms with Gasteiger partial charge >= 0.3 is 0 Å². The second-order valence-corrected chi connectivity index (χ2v) is 6.44. The first-order valence-electron chi connectivity index (χ1n) is 7.32. The number of hydrogen-bond donors (Lipinski definition) is 1. The Labute approximate surface area is 125 Å². The summed E-state index contributed by atoms with van der Waals surface area (Å²) in [5.74, 6) is 1.48. The summed E-state index contributed by atoms with van der Waals surface area (Å²) in [4.78, 5) is 22.7. The molecule has 6 heteroatoms. The minimum Gasteiger partial charge on any atom is -0.481 e. The predicted octanol–water partition coefficient (Wildman–Crippen LogP) is 1.62. The van der Waals surface area contributed by atoms with Crippen molar-refractivity contribution in [3.05, 3.63) is 12.4 Å².